The van der Waals surface area contributed by atoms with Gasteiger partial charge >= 0.3 is 5.97 Å². The Morgan fingerprint density at radius 3 is 2.64 bits per heavy atom. The minimum Gasteiger partial charge on any atom is -0.508 e. The molecule has 1 aliphatic carbocycles. The normalized spacial score (nSPS) is 18.0. The molecule has 0 saturated heterocycles. The van der Waals surface area contributed by atoms with Crippen LogP contribution in [0.3, 0.4) is 0 Å². The second kappa shape index (κ2) is 8.55. The van der Waals surface area contributed by atoms with Gasteiger partial charge in [0.05, 0.1) is 0 Å². The molecule has 2 rings (SSSR count). The molecule has 0 heterocycles. The lowest BCUT2D eigenvalue weighted by Gasteiger charge is -2.27. The topological polar surface area (TPSA) is 57.5 Å². The van der Waals surface area contributed by atoms with Crippen molar-refractivity contribution in [2.45, 2.75) is 83.5 Å². The van der Waals surface area contributed by atoms with Crippen molar-refractivity contribution >= 4 is 5.97 Å². The highest BCUT2D eigenvalue weighted by molar-refractivity contribution is 5.86. The Bertz CT molecular complexity index is 628. The average Bonchev–Trinajstić information content (AvgIpc) is 2.58. The molecule has 0 aromatic heterocycles. The van der Waals surface area contributed by atoms with Gasteiger partial charge in [-0.1, -0.05) is 64.7 Å². The fourth-order valence-corrected chi connectivity index (χ4v) is 3.80. The van der Waals surface area contributed by atoms with Gasteiger partial charge in [-0.05, 0) is 54.2 Å². The van der Waals surface area contributed by atoms with Crippen LogP contribution in [-0.4, -0.2) is 16.2 Å². The Morgan fingerprint density at radius 2 is 2.00 bits per heavy atom. The lowest BCUT2D eigenvalue weighted by molar-refractivity contribution is -0.132. The summed E-state index contributed by atoms with van der Waals surface area (Å²) in [6.07, 6.45) is 10.1. The molecule has 0 aliphatic heterocycles. The van der Waals surface area contributed by atoms with Gasteiger partial charge in [-0.2, -0.15) is 0 Å². The minimum absolute atomic E-state index is 0.0441. The van der Waals surface area contributed by atoms with Crippen LogP contribution in [0.25, 0.3) is 0 Å². The zero-order chi connectivity index (χ0) is 18.4. The zero-order valence-electron chi connectivity index (χ0n) is 15.8. The summed E-state index contributed by atoms with van der Waals surface area (Å²) in [5.41, 5.74) is 2.56. The first-order valence-electron chi connectivity index (χ1n) is 9.61. The second-order valence-electron chi connectivity index (χ2n) is 7.98. The summed E-state index contributed by atoms with van der Waals surface area (Å²) in [6.45, 7) is 6.69. The van der Waals surface area contributed by atoms with E-state index in [4.69, 9.17) is 0 Å². The third-order valence-electron chi connectivity index (χ3n) is 5.55. The number of aromatic hydroxyl groups is 1. The van der Waals surface area contributed by atoms with Crippen molar-refractivity contribution in [3.8, 4) is 5.75 Å². The Balaban J connectivity index is 2.10. The summed E-state index contributed by atoms with van der Waals surface area (Å²) in [5, 5.41) is 19.8. The summed E-state index contributed by atoms with van der Waals surface area (Å²) in [7, 11) is 0. The molecule has 138 valence electrons. The van der Waals surface area contributed by atoms with Gasteiger partial charge in [0.2, 0.25) is 0 Å². The Labute approximate surface area is 151 Å². The van der Waals surface area contributed by atoms with Gasteiger partial charge < -0.3 is 10.2 Å². The quantitative estimate of drug-likeness (QED) is 0.576. The Morgan fingerprint density at radius 1 is 1.24 bits per heavy atom. The highest BCUT2D eigenvalue weighted by atomic mass is 16.4. The number of carboxylic acids is 1. The van der Waals surface area contributed by atoms with Crippen molar-refractivity contribution in [1.82, 2.24) is 0 Å². The number of hydrogen-bond acceptors (Lipinski definition) is 2. The molecule has 0 amide bonds. The van der Waals surface area contributed by atoms with E-state index in [1.54, 1.807) is 0 Å². The van der Waals surface area contributed by atoms with E-state index in [1.807, 2.05) is 18.2 Å². The molecule has 2 N–H and O–H groups in total. The smallest absolute Gasteiger partial charge is 0.331 e. The summed E-state index contributed by atoms with van der Waals surface area (Å²) in [4.78, 5) is 11.2. The summed E-state index contributed by atoms with van der Waals surface area (Å²) >= 11 is 0. The first-order chi connectivity index (χ1) is 11.8. The fraction of sp³-hybridized carbons (Fsp3) is 0.591. The van der Waals surface area contributed by atoms with Crippen molar-refractivity contribution in [2.24, 2.45) is 0 Å². The number of hydrogen-bond donors (Lipinski definition) is 2. The molecule has 3 nitrogen and oxygen atoms in total. The first-order valence-corrected chi connectivity index (χ1v) is 9.61. The van der Waals surface area contributed by atoms with E-state index >= 15 is 0 Å². The van der Waals surface area contributed by atoms with E-state index in [9.17, 15) is 15.0 Å². The molecule has 3 heteroatoms. The van der Waals surface area contributed by atoms with Crippen LogP contribution in [0.2, 0.25) is 0 Å². The third kappa shape index (κ3) is 5.10. The second-order valence-corrected chi connectivity index (χ2v) is 7.98. The number of phenols is 1. The molecule has 25 heavy (non-hydrogen) atoms. The van der Waals surface area contributed by atoms with Crippen molar-refractivity contribution in [3.05, 3.63) is 41.0 Å². The minimum atomic E-state index is -0.839. The first kappa shape index (κ1) is 19.6. The van der Waals surface area contributed by atoms with Crippen LogP contribution in [0.4, 0.5) is 0 Å². The monoisotopic (exact) mass is 344 g/mol. The van der Waals surface area contributed by atoms with Crippen molar-refractivity contribution < 1.29 is 15.0 Å². The molecule has 0 saturated carbocycles. The van der Waals surface area contributed by atoms with Gasteiger partial charge in [-0.3, -0.25) is 0 Å². The Hall–Kier alpha value is -1.77. The number of carboxylic acid groups (broad SMARTS) is 1. The molecular formula is C22H32O3. The lowest BCUT2D eigenvalue weighted by Crippen LogP contribution is -2.17. The van der Waals surface area contributed by atoms with E-state index in [1.165, 1.54) is 25.7 Å². The number of benzene rings is 1. The van der Waals surface area contributed by atoms with Gasteiger partial charge in [0.15, 0.2) is 0 Å². The van der Waals surface area contributed by atoms with Crippen molar-refractivity contribution in [1.29, 1.82) is 0 Å². The van der Waals surface area contributed by atoms with E-state index in [-0.39, 0.29) is 11.3 Å². The Kier molecular flexibility index (Phi) is 6.69. The van der Waals surface area contributed by atoms with Crippen LogP contribution in [0.5, 0.6) is 5.75 Å². The lowest BCUT2D eigenvalue weighted by atomic mass is 9.77. The summed E-state index contributed by atoms with van der Waals surface area (Å²) in [6, 6.07) is 6.02. The number of carbonyl (C=O) groups is 1. The van der Waals surface area contributed by atoms with Gasteiger partial charge in [0.25, 0.3) is 0 Å². The van der Waals surface area contributed by atoms with E-state index in [2.05, 4.69) is 26.8 Å². The number of aliphatic carboxylic acids is 1. The maximum Gasteiger partial charge on any atom is 0.331 e. The number of allylic oxidation sites excluding steroid dienone is 1. The molecule has 0 fully saturated rings. The standard InChI is InChI=1S/C22H32O3/c1-4-5-6-7-13-22(2,3)18-11-12-19(20(23)15-18)16-9-8-10-17(14-16)21(24)25/h10-12,15-16,23H,4-9,13-14H2,1-3H3,(H,24,25)/t16-/m0/s1. The van der Waals surface area contributed by atoms with Gasteiger partial charge in [-0.15, -0.1) is 0 Å². The SMILES string of the molecule is CCCCCCC(C)(C)c1ccc([C@H]2CCC=C(C(=O)O)C2)c(O)c1. The largest absolute Gasteiger partial charge is 0.508 e. The maximum absolute atomic E-state index is 11.2. The maximum atomic E-state index is 11.2. The molecule has 1 atom stereocenters. The van der Waals surface area contributed by atoms with Crippen LogP contribution in [0.15, 0.2) is 29.8 Å². The predicted octanol–water partition coefficient (Wildman–Crippen LogP) is 5.92. The average molecular weight is 344 g/mol. The van der Waals surface area contributed by atoms with Crippen LogP contribution >= 0.6 is 0 Å². The number of unbranched alkanes of at least 4 members (excludes halogenated alkanes) is 3. The molecule has 0 spiro atoms. The summed E-state index contributed by atoms with van der Waals surface area (Å²) in [5.74, 6) is -0.428. The highest BCUT2D eigenvalue weighted by Crippen LogP contribution is 2.40. The van der Waals surface area contributed by atoms with Crippen molar-refractivity contribution in [2.75, 3.05) is 0 Å². The molecule has 0 bridgehead atoms. The molecule has 1 aromatic carbocycles. The molecule has 0 unspecified atom stereocenters. The molecule has 1 aromatic rings. The van der Waals surface area contributed by atoms with Crippen LogP contribution in [0, 0.1) is 0 Å². The number of phenolic OH excluding ortho intramolecular Hbond substituents is 1. The molecule has 0 radical (unpaired) electrons. The zero-order valence-corrected chi connectivity index (χ0v) is 15.8. The fourth-order valence-electron chi connectivity index (χ4n) is 3.80. The van der Waals surface area contributed by atoms with Gasteiger partial charge in [-0.25, -0.2) is 4.79 Å². The van der Waals surface area contributed by atoms with E-state index in [0.717, 1.165) is 30.4 Å². The van der Waals surface area contributed by atoms with Crippen LogP contribution in [0.1, 0.15) is 89.2 Å². The van der Waals surface area contributed by atoms with Crippen molar-refractivity contribution in [3.63, 3.8) is 0 Å². The third-order valence-corrected chi connectivity index (χ3v) is 5.55. The predicted molar refractivity (Wildman–Crippen MR) is 102 cm³/mol. The van der Waals surface area contributed by atoms with Crippen LogP contribution in [-0.2, 0) is 10.2 Å². The van der Waals surface area contributed by atoms with Gasteiger partial charge in [0.1, 0.15) is 5.75 Å². The van der Waals surface area contributed by atoms with E-state index < -0.39 is 5.97 Å². The molecule has 1 aliphatic rings. The van der Waals surface area contributed by atoms with E-state index in [0.29, 0.717) is 17.7 Å². The summed E-state index contributed by atoms with van der Waals surface area (Å²) < 4.78 is 0. The number of rotatable bonds is 8. The van der Waals surface area contributed by atoms with Gasteiger partial charge in [0, 0.05) is 5.57 Å². The molecular weight excluding hydrogens is 312 g/mol. The highest BCUT2D eigenvalue weighted by Gasteiger charge is 2.25. The van der Waals surface area contributed by atoms with Crippen LogP contribution < -0.4 is 0 Å².